The Hall–Kier alpha value is -1.02. The molecule has 0 amide bonds. The largest absolute Gasteiger partial charge is 0.403 e. The molecule has 2 N–H and O–H groups in total. The molecule has 2 heteroatoms. The van der Waals surface area contributed by atoms with Crippen LogP contribution in [0.4, 0.5) is 0 Å². The lowest BCUT2D eigenvalue weighted by Crippen LogP contribution is -2.31. The first kappa shape index (κ1) is 13.0. The van der Waals surface area contributed by atoms with Gasteiger partial charge < -0.3 is 5.73 Å². The number of hydrogen-bond acceptors (Lipinski definition) is 1. The molecule has 0 radical (unpaired) electrons. The molecule has 0 aromatic heterocycles. The van der Waals surface area contributed by atoms with Crippen LogP contribution in [-0.4, -0.2) is 8.07 Å². The molecule has 0 saturated carbocycles. The van der Waals surface area contributed by atoms with Crippen molar-refractivity contribution in [3.05, 3.63) is 49.4 Å². The maximum Gasteiger partial charge on any atom is 0.0910 e. The van der Waals surface area contributed by atoms with Crippen LogP contribution in [0.3, 0.4) is 0 Å². The van der Waals surface area contributed by atoms with Crippen LogP contribution in [0.2, 0.25) is 18.1 Å². The predicted octanol–water partition coefficient (Wildman–Crippen LogP) is 3.39. The zero-order valence-corrected chi connectivity index (χ0v) is 10.1. The molecular weight excluding hydrogens is 186 g/mol. The molecule has 14 heavy (non-hydrogen) atoms. The lowest BCUT2D eigenvalue weighted by molar-refractivity contribution is 1.29. The number of nitrogens with two attached hydrogens (primary N) is 1. The van der Waals surface area contributed by atoms with Crippen molar-refractivity contribution in [2.75, 3.05) is 0 Å². The second kappa shape index (κ2) is 6.43. The van der Waals surface area contributed by atoms with E-state index in [-0.39, 0.29) is 0 Å². The molecule has 0 aromatic carbocycles. The van der Waals surface area contributed by atoms with Crippen molar-refractivity contribution in [1.29, 1.82) is 0 Å². The predicted molar refractivity (Wildman–Crippen MR) is 68.7 cm³/mol. The first-order valence-corrected chi connectivity index (χ1v) is 7.57. The van der Waals surface area contributed by atoms with Gasteiger partial charge >= 0.3 is 0 Å². The van der Waals surface area contributed by atoms with E-state index in [1.807, 2.05) is 25.2 Å². The molecule has 0 rings (SSSR count). The summed E-state index contributed by atoms with van der Waals surface area (Å²) in [6.07, 6.45) is 5.95. The van der Waals surface area contributed by atoms with Gasteiger partial charge in [0, 0.05) is 0 Å². The van der Waals surface area contributed by atoms with E-state index in [4.69, 9.17) is 5.73 Å². The fourth-order valence-corrected chi connectivity index (χ4v) is 5.32. The Morgan fingerprint density at radius 3 is 1.64 bits per heavy atom. The Morgan fingerprint density at radius 2 is 1.43 bits per heavy atom. The smallest absolute Gasteiger partial charge is 0.0910 e. The topological polar surface area (TPSA) is 26.0 Å². The van der Waals surface area contributed by atoms with Gasteiger partial charge in [-0.25, -0.2) is 0 Å². The summed E-state index contributed by atoms with van der Waals surface area (Å²) in [5.41, 5.74) is 8.90. The van der Waals surface area contributed by atoms with Gasteiger partial charge in [-0.05, 0) is 30.8 Å². The Bertz CT molecular complexity index is 210. The summed E-state index contributed by atoms with van der Waals surface area (Å²) in [5, 5.41) is 0. The molecule has 0 unspecified atom stereocenters. The monoisotopic (exact) mass is 207 g/mol. The van der Waals surface area contributed by atoms with Gasteiger partial charge in [0.25, 0.3) is 0 Å². The third kappa shape index (κ3) is 4.28. The van der Waals surface area contributed by atoms with Crippen LogP contribution in [0.1, 0.15) is 6.92 Å². The molecule has 1 nitrogen and oxygen atoms in total. The van der Waals surface area contributed by atoms with E-state index in [1.54, 1.807) is 0 Å². The summed E-state index contributed by atoms with van der Waals surface area (Å²) in [5.74, 6) is 0. The van der Waals surface area contributed by atoms with E-state index in [0.29, 0.717) is 0 Å². The molecule has 0 aliphatic heterocycles. The molecular formula is C12H21NSi. The summed E-state index contributed by atoms with van der Waals surface area (Å²) < 4.78 is 0. The number of allylic oxidation sites excluding steroid dienone is 4. The molecule has 0 atom stereocenters. The van der Waals surface area contributed by atoms with Crippen LogP contribution >= 0.6 is 0 Å². The number of rotatable bonds is 7. The minimum atomic E-state index is -1.50. The Morgan fingerprint density at radius 1 is 1.07 bits per heavy atom. The summed E-state index contributed by atoms with van der Waals surface area (Å²) >= 11 is 0. The normalized spacial score (nSPS) is 12.2. The lowest BCUT2D eigenvalue weighted by Gasteiger charge is -2.25. The molecule has 0 spiro atoms. The second-order valence-corrected chi connectivity index (χ2v) is 7.97. The van der Waals surface area contributed by atoms with Crippen LogP contribution in [0.25, 0.3) is 0 Å². The van der Waals surface area contributed by atoms with Crippen LogP contribution in [-0.2, 0) is 0 Å². The fourth-order valence-electron chi connectivity index (χ4n) is 1.77. The molecule has 0 bridgehead atoms. The van der Waals surface area contributed by atoms with Crippen molar-refractivity contribution in [2.24, 2.45) is 5.73 Å². The summed E-state index contributed by atoms with van der Waals surface area (Å²) in [7, 11) is -1.50. The van der Waals surface area contributed by atoms with Crippen LogP contribution < -0.4 is 5.73 Å². The third-order valence-electron chi connectivity index (χ3n) is 2.19. The maximum absolute atomic E-state index is 5.76. The molecule has 0 fully saturated rings. The van der Waals surface area contributed by atoms with Crippen molar-refractivity contribution >= 4 is 8.07 Å². The van der Waals surface area contributed by atoms with Crippen LogP contribution in [0, 0.1) is 0 Å². The minimum Gasteiger partial charge on any atom is -0.403 e. The Labute approximate surface area is 88.7 Å². The molecule has 0 saturated heterocycles. The maximum atomic E-state index is 5.76. The average Bonchev–Trinajstić information content (AvgIpc) is 2.03. The van der Waals surface area contributed by atoms with Gasteiger partial charge in [0.05, 0.1) is 8.07 Å². The zero-order valence-electron chi connectivity index (χ0n) is 9.13. The van der Waals surface area contributed by atoms with Crippen molar-refractivity contribution < 1.29 is 0 Å². The first-order chi connectivity index (χ1) is 6.60. The van der Waals surface area contributed by atoms with Gasteiger partial charge in [-0.1, -0.05) is 23.9 Å². The second-order valence-electron chi connectivity index (χ2n) is 3.73. The highest BCUT2D eigenvalue weighted by atomic mass is 28.3. The first-order valence-electron chi connectivity index (χ1n) is 4.88. The van der Waals surface area contributed by atoms with Gasteiger partial charge in [0.1, 0.15) is 0 Å². The van der Waals surface area contributed by atoms with Gasteiger partial charge in [-0.15, -0.1) is 19.7 Å². The Kier molecular flexibility index (Phi) is 5.96. The van der Waals surface area contributed by atoms with E-state index in [1.165, 1.54) is 0 Å². The number of hydrogen-bond donors (Lipinski definition) is 1. The fraction of sp³-hybridized carbons (Fsp3) is 0.333. The molecule has 0 aliphatic carbocycles. The highest BCUT2D eigenvalue weighted by molar-refractivity contribution is 6.85. The highest BCUT2D eigenvalue weighted by Crippen LogP contribution is 2.24. The van der Waals surface area contributed by atoms with E-state index in [2.05, 4.69) is 25.4 Å². The van der Waals surface area contributed by atoms with Gasteiger partial charge in [-0.2, -0.15) is 0 Å². The van der Waals surface area contributed by atoms with Gasteiger partial charge in [0.15, 0.2) is 0 Å². The standard InChI is InChI=1S/C12H21NSi/c1-5-8-14(9-6-2,10-7-3)11-12(4)13/h5-7,11H,1-3,8-10,13H2,4H3. The molecule has 0 heterocycles. The highest BCUT2D eigenvalue weighted by Gasteiger charge is 2.25. The van der Waals surface area contributed by atoms with Gasteiger partial charge in [0.2, 0.25) is 0 Å². The quantitative estimate of drug-likeness (QED) is 0.502. The lowest BCUT2D eigenvalue weighted by atomic mass is 10.6. The molecule has 0 aromatic rings. The molecule has 78 valence electrons. The van der Waals surface area contributed by atoms with Crippen molar-refractivity contribution in [2.45, 2.75) is 25.1 Å². The van der Waals surface area contributed by atoms with E-state index in [9.17, 15) is 0 Å². The summed E-state index contributed by atoms with van der Waals surface area (Å²) in [4.78, 5) is 0. The molecule has 0 aliphatic rings. The van der Waals surface area contributed by atoms with E-state index < -0.39 is 8.07 Å². The minimum absolute atomic E-state index is 0.905. The summed E-state index contributed by atoms with van der Waals surface area (Å²) in [6.45, 7) is 13.4. The van der Waals surface area contributed by atoms with E-state index in [0.717, 1.165) is 23.8 Å². The third-order valence-corrected chi connectivity index (χ3v) is 6.56. The SMILES string of the molecule is C=CC[Si](C=C(C)N)(CC=C)CC=C. The van der Waals surface area contributed by atoms with E-state index >= 15 is 0 Å². The van der Waals surface area contributed by atoms with Crippen molar-refractivity contribution in [1.82, 2.24) is 0 Å². The summed E-state index contributed by atoms with van der Waals surface area (Å²) in [6, 6.07) is 3.12. The van der Waals surface area contributed by atoms with Crippen molar-refractivity contribution in [3.8, 4) is 0 Å². The zero-order chi connectivity index (χ0) is 11.0. The van der Waals surface area contributed by atoms with Gasteiger partial charge in [-0.3, -0.25) is 0 Å². The van der Waals surface area contributed by atoms with Crippen LogP contribution in [0.15, 0.2) is 49.4 Å². The van der Waals surface area contributed by atoms with Crippen LogP contribution in [0.5, 0.6) is 0 Å². The van der Waals surface area contributed by atoms with Crippen molar-refractivity contribution in [3.63, 3.8) is 0 Å². The average molecular weight is 207 g/mol. The Balaban J connectivity index is 4.89.